The number of ether oxygens (including phenoxy) is 2. The van der Waals surface area contributed by atoms with E-state index >= 15 is 0 Å². The Morgan fingerprint density at radius 1 is 1.00 bits per heavy atom. The average Bonchev–Trinajstić information content (AvgIpc) is 2.24. The third kappa shape index (κ3) is 5.32. The zero-order valence-corrected chi connectivity index (χ0v) is 11.2. The smallest absolute Gasteiger partial charge is 0.0700 e. The fraction of sp³-hybridized carbons (Fsp3) is 1.00. The maximum atomic E-state index is 5.62. The molecule has 0 unspecified atom stereocenters. The molecular weight excluding hydrogens is 244 g/mol. The molecule has 0 aliphatic rings. The van der Waals surface area contributed by atoms with Gasteiger partial charge in [0.25, 0.3) is 0 Å². The van der Waals surface area contributed by atoms with E-state index in [2.05, 4.69) is 29.8 Å². The van der Waals surface area contributed by atoms with Crippen LogP contribution in [0.2, 0.25) is 0 Å². The molecule has 14 heavy (non-hydrogen) atoms. The van der Waals surface area contributed by atoms with Gasteiger partial charge >= 0.3 is 0 Å². The van der Waals surface area contributed by atoms with Crippen LogP contribution in [0.25, 0.3) is 0 Å². The van der Waals surface area contributed by atoms with Crippen LogP contribution in [0.4, 0.5) is 0 Å². The lowest BCUT2D eigenvalue weighted by Crippen LogP contribution is -2.28. The summed E-state index contributed by atoms with van der Waals surface area (Å²) in [5, 5.41) is 1.02. The summed E-state index contributed by atoms with van der Waals surface area (Å²) >= 11 is 3.56. The Labute approximate surface area is 96.5 Å². The molecule has 0 rings (SSSR count). The summed E-state index contributed by atoms with van der Waals surface area (Å²) in [6, 6.07) is 0. The molecule has 0 atom stereocenters. The van der Waals surface area contributed by atoms with E-state index in [1.165, 1.54) is 0 Å². The minimum absolute atomic E-state index is 0.312. The molecule has 3 heteroatoms. The van der Waals surface area contributed by atoms with Gasteiger partial charge in [-0.15, -0.1) is 0 Å². The Bertz CT molecular complexity index is 116. The van der Waals surface area contributed by atoms with Crippen LogP contribution >= 0.6 is 15.9 Å². The van der Waals surface area contributed by atoms with Gasteiger partial charge in [0.05, 0.1) is 19.8 Å². The molecule has 86 valence electrons. The maximum Gasteiger partial charge on any atom is 0.0700 e. The standard InChI is InChI=1S/C11H23BrO2/c1-4-11(5-2,9-12)10-14-8-7-13-6-3/h4-10H2,1-3H3. The van der Waals surface area contributed by atoms with Gasteiger partial charge in [0.1, 0.15) is 0 Å². The molecular formula is C11H23BrO2. The molecule has 0 heterocycles. The van der Waals surface area contributed by atoms with E-state index in [0.717, 1.165) is 31.4 Å². The van der Waals surface area contributed by atoms with Crippen molar-refractivity contribution in [3.8, 4) is 0 Å². The quantitative estimate of drug-likeness (QED) is 0.471. The van der Waals surface area contributed by atoms with Crippen molar-refractivity contribution in [3.63, 3.8) is 0 Å². The van der Waals surface area contributed by atoms with Gasteiger partial charge in [-0.3, -0.25) is 0 Å². The molecule has 0 aliphatic carbocycles. The molecule has 0 N–H and O–H groups in total. The Hall–Kier alpha value is 0.400. The number of hydrogen-bond donors (Lipinski definition) is 0. The monoisotopic (exact) mass is 266 g/mol. The van der Waals surface area contributed by atoms with Gasteiger partial charge in [0, 0.05) is 17.4 Å². The predicted molar refractivity (Wildman–Crippen MR) is 64.1 cm³/mol. The Morgan fingerprint density at radius 3 is 2.00 bits per heavy atom. The number of halogens is 1. The van der Waals surface area contributed by atoms with Gasteiger partial charge in [0.15, 0.2) is 0 Å². The van der Waals surface area contributed by atoms with Crippen LogP contribution in [0, 0.1) is 5.41 Å². The summed E-state index contributed by atoms with van der Waals surface area (Å²) in [4.78, 5) is 0. The molecule has 0 amide bonds. The van der Waals surface area contributed by atoms with Crippen LogP contribution < -0.4 is 0 Å². The number of alkyl halides is 1. The van der Waals surface area contributed by atoms with Gasteiger partial charge < -0.3 is 9.47 Å². The van der Waals surface area contributed by atoms with E-state index in [4.69, 9.17) is 9.47 Å². The lowest BCUT2D eigenvalue weighted by molar-refractivity contribution is 0.0118. The summed E-state index contributed by atoms with van der Waals surface area (Å²) in [5.74, 6) is 0. The topological polar surface area (TPSA) is 18.5 Å². The molecule has 0 saturated heterocycles. The third-order valence-corrected chi connectivity index (χ3v) is 3.96. The van der Waals surface area contributed by atoms with Crippen molar-refractivity contribution in [3.05, 3.63) is 0 Å². The van der Waals surface area contributed by atoms with Crippen molar-refractivity contribution in [2.75, 3.05) is 31.8 Å². The first-order valence-electron chi connectivity index (χ1n) is 5.46. The average molecular weight is 267 g/mol. The van der Waals surface area contributed by atoms with Crippen LogP contribution in [0.1, 0.15) is 33.6 Å². The molecule has 0 aromatic heterocycles. The molecule has 0 spiro atoms. The van der Waals surface area contributed by atoms with Crippen molar-refractivity contribution < 1.29 is 9.47 Å². The first-order valence-corrected chi connectivity index (χ1v) is 6.58. The molecule has 0 aromatic rings. The van der Waals surface area contributed by atoms with Gasteiger partial charge in [-0.25, -0.2) is 0 Å². The highest BCUT2D eigenvalue weighted by Gasteiger charge is 2.24. The second-order valence-corrected chi connectivity index (χ2v) is 4.15. The third-order valence-electron chi connectivity index (χ3n) is 2.77. The van der Waals surface area contributed by atoms with Crippen molar-refractivity contribution in [1.29, 1.82) is 0 Å². The fourth-order valence-electron chi connectivity index (χ4n) is 1.23. The normalized spacial score (nSPS) is 12.0. The molecule has 0 fully saturated rings. The summed E-state index contributed by atoms with van der Waals surface area (Å²) in [7, 11) is 0. The van der Waals surface area contributed by atoms with Crippen LogP contribution in [0.5, 0.6) is 0 Å². The first kappa shape index (κ1) is 14.4. The second kappa shape index (κ2) is 8.69. The van der Waals surface area contributed by atoms with E-state index in [9.17, 15) is 0 Å². The highest BCUT2D eigenvalue weighted by atomic mass is 79.9. The Balaban J connectivity index is 3.61. The van der Waals surface area contributed by atoms with Crippen LogP contribution in [0.15, 0.2) is 0 Å². The van der Waals surface area contributed by atoms with Crippen LogP contribution in [-0.2, 0) is 9.47 Å². The zero-order valence-electron chi connectivity index (χ0n) is 9.64. The summed E-state index contributed by atoms with van der Waals surface area (Å²) in [6.07, 6.45) is 2.31. The van der Waals surface area contributed by atoms with Gasteiger partial charge in [-0.1, -0.05) is 29.8 Å². The molecule has 2 nitrogen and oxygen atoms in total. The Kier molecular flexibility index (Phi) is 8.94. The minimum Gasteiger partial charge on any atom is -0.379 e. The fourth-order valence-corrected chi connectivity index (χ4v) is 2.19. The summed E-state index contributed by atoms with van der Waals surface area (Å²) < 4.78 is 10.8. The van der Waals surface area contributed by atoms with E-state index in [0.29, 0.717) is 18.6 Å². The van der Waals surface area contributed by atoms with E-state index < -0.39 is 0 Å². The molecule has 0 aliphatic heterocycles. The predicted octanol–water partition coefficient (Wildman–Crippen LogP) is 3.24. The molecule has 0 aromatic carbocycles. The molecule has 0 bridgehead atoms. The van der Waals surface area contributed by atoms with E-state index in [1.54, 1.807) is 0 Å². The second-order valence-electron chi connectivity index (χ2n) is 3.59. The maximum absolute atomic E-state index is 5.62. The van der Waals surface area contributed by atoms with E-state index in [-0.39, 0.29) is 0 Å². The van der Waals surface area contributed by atoms with Crippen LogP contribution in [-0.4, -0.2) is 31.8 Å². The SMILES string of the molecule is CCOCCOCC(CC)(CC)CBr. The number of hydrogen-bond acceptors (Lipinski definition) is 2. The van der Waals surface area contributed by atoms with E-state index in [1.807, 2.05) is 6.92 Å². The Morgan fingerprint density at radius 2 is 1.57 bits per heavy atom. The summed E-state index contributed by atoms with van der Waals surface area (Å²) in [5.41, 5.74) is 0.312. The number of rotatable bonds is 9. The highest BCUT2D eigenvalue weighted by molar-refractivity contribution is 9.09. The zero-order chi connectivity index (χ0) is 10.9. The van der Waals surface area contributed by atoms with Crippen molar-refractivity contribution in [2.24, 2.45) is 5.41 Å². The minimum atomic E-state index is 0.312. The molecule has 0 saturated carbocycles. The largest absolute Gasteiger partial charge is 0.379 e. The highest BCUT2D eigenvalue weighted by Crippen LogP contribution is 2.28. The van der Waals surface area contributed by atoms with Crippen molar-refractivity contribution >= 4 is 15.9 Å². The van der Waals surface area contributed by atoms with Gasteiger partial charge in [-0.05, 0) is 19.8 Å². The van der Waals surface area contributed by atoms with Crippen molar-refractivity contribution in [1.82, 2.24) is 0 Å². The van der Waals surface area contributed by atoms with Crippen LogP contribution in [0.3, 0.4) is 0 Å². The first-order chi connectivity index (χ1) is 6.74. The lowest BCUT2D eigenvalue weighted by Gasteiger charge is -2.29. The van der Waals surface area contributed by atoms with Crippen molar-refractivity contribution in [2.45, 2.75) is 33.6 Å². The van der Waals surface area contributed by atoms with Gasteiger partial charge in [0.2, 0.25) is 0 Å². The van der Waals surface area contributed by atoms with Gasteiger partial charge in [-0.2, -0.15) is 0 Å². The molecule has 0 radical (unpaired) electrons. The lowest BCUT2D eigenvalue weighted by atomic mass is 9.86. The summed E-state index contributed by atoms with van der Waals surface area (Å²) in [6.45, 7) is 9.46.